The van der Waals surface area contributed by atoms with Crippen LogP contribution in [0.25, 0.3) is 0 Å². The molecule has 0 bridgehead atoms. The molecular weight excluding hydrogens is 146 g/mol. The minimum Gasteiger partial charge on any atom is -0.341 e. The fourth-order valence-corrected chi connectivity index (χ4v) is 2.23. The number of nitrogens with one attached hydrogen (secondary N) is 1. The molecular formula is C7H13NOS. The third kappa shape index (κ3) is 1.29. The van der Waals surface area contributed by atoms with Gasteiger partial charge < -0.3 is 5.32 Å². The Morgan fingerprint density at radius 2 is 2.20 bits per heavy atom. The summed E-state index contributed by atoms with van der Waals surface area (Å²) >= 11 is 1.74. The second kappa shape index (κ2) is 2.82. The Bertz CT molecular complexity index is 143. The molecule has 1 fully saturated rings. The zero-order valence-electron chi connectivity index (χ0n) is 6.44. The summed E-state index contributed by atoms with van der Waals surface area (Å²) < 4.78 is 0. The molecule has 0 atom stereocenters. The summed E-state index contributed by atoms with van der Waals surface area (Å²) in [6, 6.07) is 0. The number of hydrogen-bond acceptors (Lipinski definition) is 2. The van der Waals surface area contributed by atoms with Crippen LogP contribution in [0.3, 0.4) is 0 Å². The van der Waals surface area contributed by atoms with E-state index in [1.807, 2.05) is 0 Å². The van der Waals surface area contributed by atoms with E-state index in [2.05, 4.69) is 19.2 Å². The van der Waals surface area contributed by atoms with E-state index in [9.17, 15) is 4.79 Å². The molecule has 0 aromatic heterocycles. The Morgan fingerprint density at radius 1 is 1.60 bits per heavy atom. The van der Waals surface area contributed by atoms with E-state index in [-0.39, 0.29) is 10.8 Å². The number of carbonyl (C=O) groups is 1. The maximum atomic E-state index is 10.8. The third-order valence-electron chi connectivity index (χ3n) is 1.99. The molecule has 0 aromatic carbocycles. The molecule has 1 aliphatic rings. The standard InChI is InChI=1S/C7H13NOS/c1-3-7(4-2)8-6(9)5-10-7/h3-5H2,1-2H3,(H,8,9). The van der Waals surface area contributed by atoms with E-state index < -0.39 is 0 Å². The molecule has 1 saturated heterocycles. The fourth-order valence-electron chi connectivity index (χ4n) is 1.16. The lowest BCUT2D eigenvalue weighted by molar-refractivity contribution is -0.118. The van der Waals surface area contributed by atoms with Gasteiger partial charge in [0.1, 0.15) is 0 Å². The van der Waals surface area contributed by atoms with Crippen molar-refractivity contribution in [2.45, 2.75) is 31.6 Å². The van der Waals surface area contributed by atoms with Gasteiger partial charge >= 0.3 is 0 Å². The number of hydrogen-bond donors (Lipinski definition) is 1. The third-order valence-corrected chi connectivity index (χ3v) is 3.63. The van der Waals surface area contributed by atoms with Crippen molar-refractivity contribution in [3.63, 3.8) is 0 Å². The predicted molar refractivity (Wildman–Crippen MR) is 43.9 cm³/mol. The lowest BCUT2D eigenvalue weighted by Gasteiger charge is -2.24. The first-order valence-corrected chi connectivity index (χ1v) is 4.66. The van der Waals surface area contributed by atoms with Crippen molar-refractivity contribution in [2.24, 2.45) is 0 Å². The molecule has 3 heteroatoms. The molecule has 0 radical (unpaired) electrons. The van der Waals surface area contributed by atoms with Gasteiger partial charge in [0, 0.05) is 0 Å². The van der Waals surface area contributed by atoms with Crippen LogP contribution in [-0.4, -0.2) is 16.5 Å². The van der Waals surface area contributed by atoms with Gasteiger partial charge in [-0.3, -0.25) is 4.79 Å². The Balaban J connectivity index is 2.59. The van der Waals surface area contributed by atoms with Gasteiger partial charge in [0.25, 0.3) is 0 Å². The summed E-state index contributed by atoms with van der Waals surface area (Å²) in [4.78, 5) is 10.9. The van der Waals surface area contributed by atoms with E-state index in [4.69, 9.17) is 0 Å². The minimum absolute atomic E-state index is 0.0666. The highest BCUT2D eigenvalue weighted by atomic mass is 32.2. The van der Waals surface area contributed by atoms with E-state index in [1.54, 1.807) is 11.8 Å². The van der Waals surface area contributed by atoms with Crippen LogP contribution < -0.4 is 5.32 Å². The molecule has 1 aliphatic heterocycles. The Hall–Kier alpha value is -0.180. The van der Waals surface area contributed by atoms with Gasteiger partial charge in [-0.05, 0) is 12.8 Å². The van der Waals surface area contributed by atoms with Crippen LogP contribution in [0, 0.1) is 0 Å². The molecule has 1 N–H and O–H groups in total. The average molecular weight is 159 g/mol. The summed E-state index contributed by atoms with van der Waals surface area (Å²) in [7, 11) is 0. The zero-order valence-corrected chi connectivity index (χ0v) is 7.25. The smallest absolute Gasteiger partial charge is 0.231 e. The van der Waals surface area contributed by atoms with Crippen molar-refractivity contribution in [1.82, 2.24) is 5.32 Å². The largest absolute Gasteiger partial charge is 0.341 e. The van der Waals surface area contributed by atoms with E-state index in [0.29, 0.717) is 5.75 Å². The maximum absolute atomic E-state index is 10.8. The molecule has 0 spiro atoms. The summed E-state index contributed by atoms with van der Waals surface area (Å²) in [6.07, 6.45) is 2.06. The van der Waals surface area contributed by atoms with Gasteiger partial charge in [0.15, 0.2) is 0 Å². The van der Waals surface area contributed by atoms with Gasteiger partial charge in [-0.1, -0.05) is 13.8 Å². The van der Waals surface area contributed by atoms with Crippen molar-refractivity contribution in [3.05, 3.63) is 0 Å². The molecule has 1 amide bonds. The van der Waals surface area contributed by atoms with Crippen LogP contribution in [0.15, 0.2) is 0 Å². The number of thioether (sulfide) groups is 1. The van der Waals surface area contributed by atoms with E-state index in [1.165, 1.54) is 0 Å². The van der Waals surface area contributed by atoms with E-state index in [0.717, 1.165) is 12.8 Å². The van der Waals surface area contributed by atoms with Crippen molar-refractivity contribution in [2.75, 3.05) is 5.75 Å². The monoisotopic (exact) mass is 159 g/mol. The number of rotatable bonds is 2. The first-order chi connectivity index (χ1) is 4.72. The molecule has 2 nitrogen and oxygen atoms in total. The van der Waals surface area contributed by atoms with Crippen molar-refractivity contribution in [1.29, 1.82) is 0 Å². The highest BCUT2D eigenvalue weighted by Crippen LogP contribution is 2.33. The molecule has 10 heavy (non-hydrogen) atoms. The van der Waals surface area contributed by atoms with Crippen LogP contribution in [0.5, 0.6) is 0 Å². The quantitative estimate of drug-likeness (QED) is 0.659. The van der Waals surface area contributed by atoms with Crippen LogP contribution in [-0.2, 0) is 4.79 Å². The average Bonchev–Trinajstić information content (AvgIpc) is 2.33. The Labute approximate surface area is 65.8 Å². The second-order valence-corrected chi connectivity index (χ2v) is 3.90. The number of amides is 1. The molecule has 1 rings (SSSR count). The summed E-state index contributed by atoms with van der Waals surface area (Å²) in [5, 5.41) is 2.99. The lowest BCUT2D eigenvalue weighted by atomic mass is 10.1. The Kier molecular flexibility index (Phi) is 2.24. The maximum Gasteiger partial charge on any atom is 0.231 e. The van der Waals surface area contributed by atoms with E-state index >= 15 is 0 Å². The van der Waals surface area contributed by atoms with Gasteiger partial charge in [-0.2, -0.15) is 0 Å². The minimum atomic E-state index is 0.0666. The van der Waals surface area contributed by atoms with Crippen LogP contribution >= 0.6 is 11.8 Å². The summed E-state index contributed by atoms with van der Waals surface area (Å²) in [5.41, 5.74) is 0. The second-order valence-electron chi connectivity index (χ2n) is 2.54. The Morgan fingerprint density at radius 3 is 2.40 bits per heavy atom. The van der Waals surface area contributed by atoms with Crippen molar-refractivity contribution >= 4 is 17.7 Å². The molecule has 0 saturated carbocycles. The zero-order chi connectivity index (χ0) is 7.61. The van der Waals surface area contributed by atoms with Crippen molar-refractivity contribution < 1.29 is 4.79 Å². The molecule has 1 heterocycles. The highest BCUT2D eigenvalue weighted by molar-refractivity contribution is 8.01. The first kappa shape index (κ1) is 7.92. The van der Waals surface area contributed by atoms with Gasteiger partial charge in [-0.25, -0.2) is 0 Å². The summed E-state index contributed by atoms with van der Waals surface area (Å²) in [6.45, 7) is 4.23. The fraction of sp³-hybridized carbons (Fsp3) is 0.857. The van der Waals surface area contributed by atoms with Crippen LogP contribution in [0.2, 0.25) is 0 Å². The topological polar surface area (TPSA) is 29.1 Å². The van der Waals surface area contributed by atoms with Gasteiger partial charge in [-0.15, -0.1) is 11.8 Å². The lowest BCUT2D eigenvalue weighted by Crippen LogP contribution is -2.38. The van der Waals surface area contributed by atoms with Gasteiger partial charge in [0.05, 0.1) is 10.6 Å². The normalized spacial score (nSPS) is 22.8. The summed E-state index contributed by atoms with van der Waals surface area (Å²) in [5.74, 6) is 0.829. The molecule has 0 aliphatic carbocycles. The highest BCUT2D eigenvalue weighted by Gasteiger charge is 2.34. The predicted octanol–water partition coefficient (Wildman–Crippen LogP) is 1.37. The SMILES string of the molecule is CCC1(CC)NC(=O)CS1. The molecule has 0 unspecified atom stereocenters. The van der Waals surface area contributed by atoms with Gasteiger partial charge in [0.2, 0.25) is 5.91 Å². The number of carbonyl (C=O) groups excluding carboxylic acids is 1. The molecule has 0 aromatic rings. The van der Waals surface area contributed by atoms with Crippen LogP contribution in [0.1, 0.15) is 26.7 Å². The first-order valence-electron chi connectivity index (χ1n) is 3.67. The van der Waals surface area contributed by atoms with Crippen LogP contribution in [0.4, 0.5) is 0 Å². The van der Waals surface area contributed by atoms with Crippen molar-refractivity contribution in [3.8, 4) is 0 Å². The molecule has 58 valence electrons.